The van der Waals surface area contributed by atoms with E-state index in [-0.39, 0.29) is 5.91 Å². The molecule has 1 aromatic rings. The molecule has 1 amide bonds. The highest BCUT2D eigenvalue weighted by molar-refractivity contribution is 9.10. The van der Waals surface area contributed by atoms with Crippen LogP contribution in [-0.2, 0) is 4.79 Å². The minimum Gasteiger partial charge on any atom is -0.397 e. The van der Waals surface area contributed by atoms with Gasteiger partial charge in [-0.25, -0.2) is 0 Å². The van der Waals surface area contributed by atoms with Gasteiger partial charge in [-0.15, -0.1) is 0 Å². The molecule has 0 saturated carbocycles. The predicted octanol–water partition coefficient (Wildman–Crippen LogP) is 3.20. The van der Waals surface area contributed by atoms with Crippen LogP contribution in [-0.4, -0.2) is 18.0 Å². The number of benzene rings is 1. The molecule has 0 aliphatic carbocycles. The number of hydrogen-bond acceptors (Lipinski definition) is 3. The fourth-order valence-electron chi connectivity index (χ4n) is 3.66. The van der Waals surface area contributed by atoms with E-state index in [0.717, 1.165) is 22.9 Å². The minimum absolute atomic E-state index is 0.0745. The molecule has 21 heavy (non-hydrogen) atoms. The number of carbonyl (C=O) groups excluding carboxylic acids is 1. The molecule has 4 nitrogen and oxygen atoms in total. The first kappa shape index (κ1) is 14.9. The van der Waals surface area contributed by atoms with Crippen molar-refractivity contribution in [3.8, 4) is 0 Å². The van der Waals surface area contributed by atoms with Crippen molar-refractivity contribution >= 4 is 33.2 Å². The van der Waals surface area contributed by atoms with E-state index in [1.807, 2.05) is 19.1 Å². The number of nitrogens with one attached hydrogen (secondary N) is 2. The molecule has 4 N–H and O–H groups in total. The maximum atomic E-state index is 12.3. The summed E-state index contributed by atoms with van der Waals surface area (Å²) in [4.78, 5) is 12.3. The predicted molar refractivity (Wildman–Crippen MR) is 89.2 cm³/mol. The minimum atomic E-state index is 0.0745. The van der Waals surface area contributed by atoms with Crippen LogP contribution in [0.1, 0.15) is 37.7 Å². The SMILES string of the molecule is Cc1cc(Br)cc(NC(=O)CC2CC3CCC(C2)N3)c1N. The summed E-state index contributed by atoms with van der Waals surface area (Å²) in [6, 6.07) is 5.07. The van der Waals surface area contributed by atoms with Crippen LogP contribution in [0.3, 0.4) is 0 Å². The van der Waals surface area contributed by atoms with Crippen LogP contribution in [0.2, 0.25) is 0 Å². The van der Waals surface area contributed by atoms with Gasteiger partial charge in [0.1, 0.15) is 0 Å². The quantitative estimate of drug-likeness (QED) is 0.732. The summed E-state index contributed by atoms with van der Waals surface area (Å²) in [7, 11) is 0. The Kier molecular flexibility index (Phi) is 4.22. The van der Waals surface area contributed by atoms with Crippen molar-refractivity contribution in [1.82, 2.24) is 5.32 Å². The van der Waals surface area contributed by atoms with Crippen molar-refractivity contribution in [2.75, 3.05) is 11.1 Å². The number of nitrogen functional groups attached to an aromatic ring is 1. The van der Waals surface area contributed by atoms with Crippen LogP contribution in [0.5, 0.6) is 0 Å². The van der Waals surface area contributed by atoms with Crippen molar-refractivity contribution in [2.45, 2.75) is 51.1 Å². The van der Waals surface area contributed by atoms with E-state index in [9.17, 15) is 4.79 Å². The van der Waals surface area contributed by atoms with Gasteiger partial charge in [0.05, 0.1) is 11.4 Å². The number of rotatable bonds is 3. The van der Waals surface area contributed by atoms with E-state index in [1.54, 1.807) is 0 Å². The lowest BCUT2D eigenvalue weighted by molar-refractivity contribution is -0.117. The second-order valence-electron chi connectivity index (χ2n) is 6.41. The van der Waals surface area contributed by atoms with Crippen LogP contribution in [0.4, 0.5) is 11.4 Å². The van der Waals surface area contributed by atoms with Crippen molar-refractivity contribution in [2.24, 2.45) is 5.92 Å². The molecular weight excluding hydrogens is 330 g/mol. The number of piperidine rings is 1. The van der Waals surface area contributed by atoms with Gasteiger partial charge in [0.25, 0.3) is 0 Å². The first-order valence-electron chi connectivity index (χ1n) is 7.63. The molecule has 1 aromatic carbocycles. The number of halogens is 1. The Balaban J connectivity index is 1.62. The fourth-order valence-corrected chi connectivity index (χ4v) is 4.24. The highest BCUT2D eigenvalue weighted by Gasteiger charge is 2.34. The molecule has 2 fully saturated rings. The smallest absolute Gasteiger partial charge is 0.224 e. The lowest BCUT2D eigenvalue weighted by atomic mass is 9.89. The lowest BCUT2D eigenvalue weighted by Crippen LogP contribution is -2.39. The van der Waals surface area contributed by atoms with Gasteiger partial charge in [-0.3, -0.25) is 4.79 Å². The van der Waals surface area contributed by atoms with Gasteiger partial charge in [-0.2, -0.15) is 0 Å². The van der Waals surface area contributed by atoms with E-state index in [1.165, 1.54) is 12.8 Å². The zero-order valence-electron chi connectivity index (χ0n) is 12.3. The van der Waals surface area contributed by atoms with Crippen molar-refractivity contribution < 1.29 is 4.79 Å². The average Bonchev–Trinajstić information content (AvgIpc) is 2.74. The summed E-state index contributed by atoms with van der Waals surface area (Å²) < 4.78 is 0.935. The van der Waals surface area contributed by atoms with E-state index in [0.29, 0.717) is 35.8 Å². The Morgan fingerprint density at radius 3 is 2.71 bits per heavy atom. The molecule has 3 rings (SSSR count). The Labute approximate surface area is 134 Å². The Morgan fingerprint density at radius 1 is 1.38 bits per heavy atom. The van der Waals surface area contributed by atoms with E-state index in [2.05, 4.69) is 26.6 Å². The number of anilines is 2. The Morgan fingerprint density at radius 2 is 2.05 bits per heavy atom. The monoisotopic (exact) mass is 351 g/mol. The largest absolute Gasteiger partial charge is 0.397 e. The van der Waals surface area contributed by atoms with Gasteiger partial charge in [-0.05, 0) is 56.2 Å². The third-order valence-electron chi connectivity index (χ3n) is 4.67. The number of nitrogens with two attached hydrogens (primary N) is 1. The molecule has 2 aliphatic heterocycles. The third kappa shape index (κ3) is 3.40. The molecule has 114 valence electrons. The third-order valence-corrected chi connectivity index (χ3v) is 5.13. The van der Waals surface area contributed by atoms with Gasteiger partial charge in [0, 0.05) is 23.0 Å². The zero-order valence-corrected chi connectivity index (χ0v) is 13.9. The molecule has 0 spiro atoms. The van der Waals surface area contributed by atoms with Gasteiger partial charge >= 0.3 is 0 Å². The lowest BCUT2D eigenvalue weighted by Gasteiger charge is -2.28. The van der Waals surface area contributed by atoms with Crippen molar-refractivity contribution in [3.63, 3.8) is 0 Å². The summed E-state index contributed by atoms with van der Waals surface area (Å²) >= 11 is 3.44. The second-order valence-corrected chi connectivity index (χ2v) is 7.33. The van der Waals surface area contributed by atoms with Gasteiger partial charge in [-0.1, -0.05) is 15.9 Å². The second kappa shape index (κ2) is 5.97. The summed E-state index contributed by atoms with van der Waals surface area (Å²) in [6.45, 7) is 1.94. The number of fused-ring (bicyclic) bond motifs is 2. The Hall–Kier alpha value is -1.07. The van der Waals surface area contributed by atoms with Crippen LogP contribution in [0.25, 0.3) is 0 Å². The Bertz CT molecular complexity index is 549. The van der Waals surface area contributed by atoms with E-state index >= 15 is 0 Å². The fraction of sp³-hybridized carbons (Fsp3) is 0.562. The molecule has 2 bridgehead atoms. The molecule has 2 saturated heterocycles. The number of aryl methyl sites for hydroxylation is 1. The molecule has 2 atom stereocenters. The number of hydrogen-bond donors (Lipinski definition) is 3. The summed E-state index contributed by atoms with van der Waals surface area (Å²) in [6.07, 6.45) is 5.37. The standard InChI is InChI=1S/C16H22BrN3O/c1-9-4-11(17)8-14(16(9)18)20-15(21)7-10-5-12-2-3-13(6-10)19-12/h4,8,10,12-13,19H,2-3,5-7,18H2,1H3,(H,20,21). The van der Waals surface area contributed by atoms with Gasteiger partial charge < -0.3 is 16.4 Å². The normalized spacial score (nSPS) is 27.6. The van der Waals surface area contributed by atoms with Crippen LogP contribution in [0, 0.1) is 12.8 Å². The summed E-state index contributed by atoms with van der Waals surface area (Å²) in [5, 5.41) is 6.58. The molecule has 5 heteroatoms. The zero-order chi connectivity index (χ0) is 15.0. The van der Waals surface area contributed by atoms with Crippen LogP contribution < -0.4 is 16.4 Å². The molecular formula is C16H22BrN3O. The maximum absolute atomic E-state index is 12.3. The molecule has 2 aliphatic rings. The van der Waals surface area contributed by atoms with Crippen molar-refractivity contribution in [3.05, 3.63) is 22.2 Å². The number of carbonyl (C=O) groups is 1. The molecule has 2 unspecified atom stereocenters. The summed E-state index contributed by atoms with van der Waals surface area (Å²) in [5.41, 5.74) is 8.38. The molecule has 0 aromatic heterocycles. The first-order chi connectivity index (χ1) is 10.0. The molecule has 0 radical (unpaired) electrons. The maximum Gasteiger partial charge on any atom is 0.224 e. The van der Waals surface area contributed by atoms with Crippen LogP contribution in [0.15, 0.2) is 16.6 Å². The van der Waals surface area contributed by atoms with E-state index in [4.69, 9.17) is 5.73 Å². The van der Waals surface area contributed by atoms with E-state index < -0.39 is 0 Å². The van der Waals surface area contributed by atoms with Gasteiger partial charge in [0.2, 0.25) is 5.91 Å². The topological polar surface area (TPSA) is 67.2 Å². The highest BCUT2D eigenvalue weighted by Crippen LogP contribution is 2.33. The average molecular weight is 352 g/mol. The van der Waals surface area contributed by atoms with Crippen LogP contribution >= 0.6 is 15.9 Å². The highest BCUT2D eigenvalue weighted by atomic mass is 79.9. The summed E-state index contributed by atoms with van der Waals surface area (Å²) in [5.74, 6) is 0.573. The van der Waals surface area contributed by atoms with Crippen molar-refractivity contribution in [1.29, 1.82) is 0 Å². The molecule has 2 heterocycles. The number of amides is 1. The first-order valence-corrected chi connectivity index (χ1v) is 8.42. The van der Waals surface area contributed by atoms with Gasteiger partial charge in [0.15, 0.2) is 0 Å².